The molecule has 0 atom stereocenters. The Bertz CT molecular complexity index is 986. The van der Waals surface area contributed by atoms with Gasteiger partial charge in [-0.3, -0.25) is 14.9 Å². The van der Waals surface area contributed by atoms with Crippen LogP contribution >= 0.6 is 0 Å². The maximum Gasteiger partial charge on any atom is 0.312 e. The first kappa shape index (κ1) is 19.9. The van der Waals surface area contributed by atoms with E-state index in [1.54, 1.807) is 35.2 Å². The van der Waals surface area contributed by atoms with Gasteiger partial charge >= 0.3 is 5.69 Å². The third kappa shape index (κ3) is 4.71. The number of hydrogen-bond acceptors (Lipinski definition) is 6. The van der Waals surface area contributed by atoms with Gasteiger partial charge in [-0.2, -0.15) is 5.26 Å². The Morgan fingerprint density at radius 3 is 2.41 bits per heavy atom. The number of ether oxygens (including phenoxy) is 2. The summed E-state index contributed by atoms with van der Waals surface area (Å²) in [4.78, 5) is 25.0. The predicted octanol–water partition coefficient (Wildman–Crippen LogP) is 3.93. The lowest BCUT2D eigenvalue weighted by atomic mass is 10.1. The number of amides is 1. The number of hydrogen-bond donors (Lipinski definition) is 0. The van der Waals surface area contributed by atoms with E-state index in [1.165, 1.54) is 25.3 Å². The molecule has 8 heteroatoms. The lowest BCUT2D eigenvalue weighted by Crippen LogP contribution is -2.28. The number of methoxy groups -OCH3 is 1. The van der Waals surface area contributed by atoms with E-state index in [4.69, 9.17) is 9.47 Å². The number of rotatable bonds is 6. The van der Waals surface area contributed by atoms with E-state index < -0.39 is 4.92 Å². The van der Waals surface area contributed by atoms with Crippen molar-refractivity contribution < 1.29 is 19.2 Å². The van der Waals surface area contributed by atoms with Crippen molar-refractivity contribution in [3.8, 4) is 23.3 Å². The fraction of sp³-hybridized carbons (Fsp3) is 0.238. The zero-order valence-electron chi connectivity index (χ0n) is 15.8. The van der Waals surface area contributed by atoms with E-state index in [2.05, 4.69) is 0 Å². The molecule has 2 aromatic rings. The van der Waals surface area contributed by atoms with Crippen LogP contribution in [-0.2, 0) is 4.79 Å². The zero-order chi connectivity index (χ0) is 20.8. The molecule has 0 radical (unpaired) electrons. The van der Waals surface area contributed by atoms with Crippen LogP contribution in [0, 0.1) is 21.4 Å². The summed E-state index contributed by atoms with van der Waals surface area (Å²) in [6.07, 6.45) is 3.19. The largest absolute Gasteiger partial charge is 0.497 e. The Hall–Kier alpha value is -3.86. The molecule has 0 N–H and O–H groups in total. The van der Waals surface area contributed by atoms with Crippen LogP contribution in [0.4, 0.5) is 5.69 Å². The fourth-order valence-corrected chi connectivity index (χ4v) is 3.02. The van der Waals surface area contributed by atoms with Gasteiger partial charge in [0.1, 0.15) is 23.1 Å². The first-order chi connectivity index (χ1) is 14.0. The third-order valence-electron chi connectivity index (χ3n) is 4.52. The van der Waals surface area contributed by atoms with Crippen LogP contribution in [0.5, 0.6) is 17.2 Å². The molecule has 0 aliphatic carbocycles. The fourth-order valence-electron chi connectivity index (χ4n) is 3.02. The van der Waals surface area contributed by atoms with Crippen LogP contribution in [0.1, 0.15) is 18.4 Å². The normalized spacial score (nSPS) is 13.7. The molecule has 1 heterocycles. The highest BCUT2D eigenvalue weighted by Crippen LogP contribution is 2.33. The van der Waals surface area contributed by atoms with Gasteiger partial charge in [-0.1, -0.05) is 6.07 Å². The third-order valence-corrected chi connectivity index (χ3v) is 4.52. The standard InChI is InChI=1S/C21H19N3O5/c1-28-17-5-7-18(8-6-17)29-20-9-4-15(13-19(20)24(26)27)12-16(14-22)21(25)23-10-2-3-11-23/h4-9,12-13H,2-3,10-11H2,1H3/b16-12-. The van der Waals surface area contributed by atoms with Crippen molar-refractivity contribution in [3.05, 3.63) is 63.7 Å². The van der Waals surface area contributed by atoms with Gasteiger partial charge in [0.25, 0.3) is 5.91 Å². The minimum absolute atomic E-state index is 0.0509. The SMILES string of the molecule is COc1ccc(Oc2ccc(/C=C(/C#N)C(=O)N3CCCC3)cc2[N+](=O)[O-])cc1. The molecule has 0 bridgehead atoms. The lowest BCUT2D eigenvalue weighted by Gasteiger charge is -2.14. The van der Waals surface area contributed by atoms with Gasteiger partial charge in [0.05, 0.1) is 12.0 Å². The number of nitro groups is 1. The minimum Gasteiger partial charge on any atom is -0.497 e. The number of nitro benzene ring substituents is 1. The maximum absolute atomic E-state index is 12.4. The average molecular weight is 393 g/mol. The van der Waals surface area contributed by atoms with Crippen LogP contribution in [0.25, 0.3) is 6.08 Å². The first-order valence-corrected chi connectivity index (χ1v) is 9.03. The molecule has 148 valence electrons. The molecule has 3 rings (SSSR count). The van der Waals surface area contributed by atoms with E-state index >= 15 is 0 Å². The highest BCUT2D eigenvalue weighted by Gasteiger charge is 2.22. The first-order valence-electron chi connectivity index (χ1n) is 9.03. The molecule has 1 aliphatic heterocycles. The minimum atomic E-state index is -0.565. The van der Waals surface area contributed by atoms with E-state index in [9.17, 15) is 20.2 Å². The van der Waals surface area contributed by atoms with Gasteiger partial charge in [0.15, 0.2) is 0 Å². The Morgan fingerprint density at radius 2 is 1.83 bits per heavy atom. The van der Waals surface area contributed by atoms with Crippen molar-refractivity contribution in [2.24, 2.45) is 0 Å². The molecular weight excluding hydrogens is 374 g/mol. The average Bonchev–Trinajstić information content (AvgIpc) is 3.27. The molecular formula is C21H19N3O5. The summed E-state index contributed by atoms with van der Waals surface area (Å²) in [5.41, 5.74) is 0.0633. The summed E-state index contributed by atoms with van der Waals surface area (Å²) in [6.45, 7) is 1.24. The summed E-state index contributed by atoms with van der Waals surface area (Å²) in [5.74, 6) is 0.756. The molecule has 1 fully saturated rings. The molecule has 0 saturated carbocycles. The van der Waals surface area contributed by atoms with Crippen LogP contribution in [0.3, 0.4) is 0 Å². The molecule has 29 heavy (non-hydrogen) atoms. The number of benzene rings is 2. The maximum atomic E-state index is 12.4. The van der Waals surface area contributed by atoms with Crippen molar-refractivity contribution in [3.63, 3.8) is 0 Å². The molecule has 1 amide bonds. The van der Waals surface area contributed by atoms with Crippen LogP contribution < -0.4 is 9.47 Å². The van der Waals surface area contributed by atoms with Crippen LogP contribution in [0.2, 0.25) is 0 Å². The van der Waals surface area contributed by atoms with Crippen molar-refractivity contribution in [1.82, 2.24) is 4.90 Å². The molecule has 0 aromatic heterocycles. The van der Waals surface area contributed by atoms with Crippen molar-refractivity contribution >= 4 is 17.7 Å². The summed E-state index contributed by atoms with van der Waals surface area (Å²) in [7, 11) is 1.54. The molecule has 1 saturated heterocycles. The topological polar surface area (TPSA) is 106 Å². The lowest BCUT2D eigenvalue weighted by molar-refractivity contribution is -0.385. The highest BCUT2D eigenvalue weighted by atomic mass is 16.6. The van der Waals surface area contributed by atoms with E-state index in [0.717, 1.165) is 12.8 Å². The van der Waals surface area contributed by atoms with E-state index in [0.29, 0.717) is 30.2 Å². The molecule has 0 unspecified atom stereocenters. The van der Waals surface area contributed by atoms with Gasteiger partial charge in [0, 0.05) is 19.2 Å². The van der Waals surface area contributed by atoms with Gasteiger partial charge in [-0.25, -0.2) is 0 Å². The molecule has 0 spiro atoms. The molecule has 8 nitrogen and oxygen atoms in total. The van der Waals surface area contributed by atoms with E-state index in [1.807, 2.05) is 6.07 Å². The smallest absolute Gasteiger partial charge is 0.312 e. The number of carbonyl (C=O) groups excluding carboxylic acids is 1. The number of likely N-dealkylation sites (tertiary alicyclic amines) is 1. The van der Waals surface area contributed by atoms with Crippen molar-refractivity contribution in [1.29, 1.82) is 5.26 Å². The summed E-state index contributed by atoms with van der Waals surface area (Å²) >= 11 is 0. The van der Waals surface area contributed by atoms with Crippen molar-refractivity contribution in [2.75, 3.05) is 20.2 Å². The Labute approximate surface area is 167 Å². The van der Waals surface area contributed by atoms with Gasteiger partial charge in [0.2, 0.25) is 5.75 Å². The Kier molecular flexibility index (Phi) is 6.09. The van der Waals surface area contributed by atoms with Gasteiger partial charge in [-0.15, -0.1) is 0 Å². The van der Waals surface area contributed by atoms with E-state index in [-0.39, 0.29) is 22.9 Å². The van der Waals surface area contributed by atoms with Gasteiger partial charge < -0.3 is 14.4 Å². The predicted molar refractivity (Wildman–Crippen MR) is 106 cm³/mol. The number of nitrogens with zero attached hydrogens (tertiary/aromatic N) is 3. The molecule has 2 aromatic carbocycles. The van der Waals surface area contributed by atoms with Gasteiger partial charge in [-0.05, 0) is 54.8 Å². The Balaban J connectivity index is 1.87. The highest BCUT2D eigenvalue weighted by molar-refractivity contribution is 6.01. The van der Waals surface area contributed by atoms with Crippen LogP contribution in [-0.4, -0.2) is 35.9 Å². The Morgan fingerprint density at radius 1 is 1.17 bits per heavy atom. The molecule has 1 aliphatic rings. The number of nitriles is 1. The monoisotopic (exact) mass is 393 g/mol. The second-order valence-electron chi connectivity index (χ2n) is 6.43. The number of carbonyl (C=O) groups is 1. The summed E-state index contributed by atoms with van der Waals surface area (Å²) < 4.78 is 10.7. The summed E-state index contributed by atoms with van der Waals surface area (Å²) in [6, 6.07) is 12.8. The zero-order valence-corrected chi connectivity index (χ0v) is 15.8. The quantitative estimate of drug-likeness (QED) is 0.319. The van der Waals surface area contributed by atoms with Crippen LogP contribution in [0.15, 0.2) is 48.0 Å². The van der Waals surface area contributed by atoms with Crippen molar-refractivity contribution in [2.45, 2.75) is 12.8 Å². The summed E-state index contributed by atoms with van der Waals surface area (Å²) in [5, 5.41) is 20.9. The second kappa shape index (κ2) is 8.89. The second-order valence-corrected chi connectivity index (χ2v) is 6.43.